The second-order valence-electron chi connectivity index (χ2n) is 4.81. The van der Waals surface area contributed by atoms with Crippen molar-refractivity contribution in [3.63, 3.8) is 0 Å². The van der Waals surface area contributed by atoms with E-state index in [1.165, 1.54) is 6.21 Å². The molecule has 23 heavy (non-hydrogen) atoms. The van der Waals surface area contributed by atoms with Crippen LogP contribution < -0.4 is 10.2 Å². The number of nitrogens with one attached hydrogen (secondary N) is 1. The van der Waals surface area contributed by atoms with Crippen LogP contribution in [0.2, 0.25) is 0 Å². The van der Waals surface area contributed by atoms with E-state index >= 15 is 0 Å². The Kier molecular flexibility index (Phi) is 7.00. The van der Waals surface area contributed by atoms with E-state index in [1.807, 2.05) is 11.0 Å². The SMILES string of the molecule is N#CCOc1ccc(Br)cc1/C=N\NC(=O)CN1CCOCC1. The number of carbonyl (C=O) groups is 1. The van der Waals surface area contributed by atoms with E-state index in [-0.39, 0.29) is 19.1 Å². The summed E-state index contributed by atoms with van der Waals surface area (Å²) >= 11 is 3.36. The van der Waals surface area contributed by atoms with Crippen molar-refractivity contribution in [2.24, 2.45) is 5.10 Å². The first-order valence-electron chi connectivity index (χ1n) is 7.10. The van der Waals surface area contributed by atoms with Gasteiger partial charge in [-0.25, -0.2) is 5.43 Å². The highest BCUT2D eigenvalue weighted by atomic mass is 79.9. The summed E-state index contributed by atoms with van der Waals surface area (Å²) in [4.78, 5) is 13.8. The van der Waals surface area contributed by atoms with E-state index in [0.29, 0.717) is 24.5 Å². The molecule has 1 saturated heterocycles. The van der Waals surface area contributed by atoms with E-state index in [9.17, 15) is 4.79 Å². The van der Waals surface area contributed by atoms with Gasteiger partial charge in [0, 0.05) is 23.1 Å². The van der Waals surface area contributed by atoms with Crippen molar-refractivity contribution in [2.45, 2.75) is 0 Å². The predicted octanol–water partition coefficient (Wildman–Crippen LogP) is 1.13. The Morgan fingerprint density at radius 1 is 1.52 bits per heavy atom. The van der Waals surface area contributed by atoms with Crippen molar-refractivity contribution in [1.29, 1.82) is 5.26 Å². The molecule has 1 amide bonds. The molecule has 1 aliphatic heterocycles. The Balaban J connectivity index is 1.90. The molecule has 2 rings (SSSR count). The summed E-state index contributed by atoms with van der Waals surface area (Å²) in [5.74, 6) is 0.346. The lowest BCUT2D eigenvalue weighted by atomic mass is 10.2. The highest BCUT2D eigenvalue weighted by Gasteiger charge is 2.13. The number of halogens is 1. The number of benzene rings is 1. The van der Waals surface area contributed by atoms with Crippen molar-refractivity contribution in [2.75, 3.05) is 39.5 Å². The third-order valence-electron chi connectivity index (χ3n) is 3.13. The van der Waals surface area contributed by atoms with Crippen molar-refractivity contribution in [3.8, 4) is 11.8 Å². The van der Waals surface area contributed by atoms with Gasteiger partial charge in [-0.05, 0) is 18.2 Å². The number of carbonyl (C=O) groups excluding carboxylic acids is 1. The maximum absolute atomic E-state index is 11.8. The first-order chi connectivity index (χ1) is 11.2. The molecular weight excluding hydrogens is 364 g/mol. The molecule has 0 atom stereocenters. The Morgan fingerprint density at radius 2 is 2.30 bits per heavy atom. The fourth-order valence-electron chi connectivity index (χ4n) is 2.03. The van der Waals surface area contributed by atoms with Crippen molar-refractivity contribution < 1.29 is 14.3 Å². The fraction of sp³-hybridized carbons (Fsp3) is 0.400. The van der Waals surface area contributed by atoms with Crippen molar-refractivity contribution in [3.05, 3.63) is 28.2 Å². The Bertz CT molecular complexity index is 609. The minimum absolute atomic E-state index is 0.0497. The van der Waals surface area contributed by atoms with Crippen LogP contribution in [0.4, 0.5) is 0 Å². The maximum Gasteiger partial charge on any atom is 0.254 e. The second kappa shape index (κ2) is 9.25. The summed E-state index contributed by atoms with van der Waals surface area (Å²) in [7, 11) is 0. The largest absolute Gasteiger partial charge is 0.478 e. The molecule has 7 nitrogen and oxygen atoms in total. The maximum atomic E-state index is 11.8. The lowest BCUT2D eigenvalue weighted by Gasteiger charge is -2.25. The lowest BCUT2D eigenvalue weighted by molar-refractivity contribution is -0.123. The minimum Gasteiger partial charge on any atom is -0.478 e. The Morgan fingerprint density at radius 3 is 3.04 bits per heavy atom. The number of amides is 1. The molecule has 1 fully saturated rings. The second-order valence-corrected chi connectivity index (χ2v) is 5.73. The number of hydrogen-bond donors (Lipinski definition) is 1. The molecule has 0 aliphatic carbocycles. The van der Waals surface area contributed by atoms with Gasteiger partial charge in [0.2, 0.25) is 0 Å². The van der Waals surface area contributed by atoms with Gasteiger partial charge in [0.25, 0.3) is 5.91 Å². The van der Waals surface area contributed by atoms with Crippen molar-refractivity contribution in [1.82, 2.24) is 10.3 Å². The van der Waals surface area contributed by atoms with E-state index in [4.69, 9.17) is 14.7 Å². The summed E-state index contributed by atoms with van der Waals surface area (Å²) in [6, 6.07) is 7.25. The zero-order valence-electron chi connectivity index (χ0n) is 12.5. The fourth-order valence-corrected chi connectivity index (χ4v) is 2.41. The highest BCUT2D eigenvalue weighted by Crippen LogP contribution is 2.21. The van der Waals surface area contributed by atoms with Crippen LogP contribution in [-0.4, -0.2) is 56.5 Å². The van der Waals surface area contributed by atoms with Crippen LogP contribution in [0.25, 0.3) is 0 Å². The molecule has 0 bridgehead atoms. The minimum atomic E-state index is -0.183. The standard InChI is InChI=1S/C15H17BrN4O3/c16-13-1-2-14(23-6-3-17)12(9-13)10-18-19-15(21)11-20-4-7-22-8-5-20/h1-2,9-10H,4-8,11H2,(H,19,21)/b18-10-. The van der Waals surface area contributed by atoms with Gasteiger partial charge in [0.05, 0.1) is 26.0 Å². The summed E-state index contributed by atoms with van der Waals surface area (Å²) in [6.45, 7) is 3.02. The normalized spacial score (nSPS) is 15.3. The summed E-state index contributed by atoms with van der Waals surface area (Å²) in [6.07, 6.45) is 1.49. The van der Waals surface area contributed by atoms with Crippen LogP contribution in [0.1, 0.15) is 5.56 Å². The van der Waals surface area contributed by atoms with Crippen LogP contribution in [0, 0.1) is 11.3 Å². The predicted molar refractivity (Wildman–Crippen MR) is 88.2 cm³/mol. The average molecular weight is 381 g/mol. The van der Waals surface area contributed by atoms with Crippen LogP contribution in [0.3, 0.4) is 0 Å². The van der Waals surface area contributed by atoms with E-state index in [2.05, 4.69) is 26.5 Å². The van der Waals surface area contributed by atoms with Crippen LogP contribution in [-0.2, 0) is 9.53 Å². The molecule has 1 aliphatic rings. The van der Waals surface area contributed by atoms with Gasteiger partial charge in [0.15, 0.2) is 6.61 Å². The Labute approximate surface area is 143 Å². The third-order valence-corrected chi connectivity index (χ3v) is 3.62. The number of nitriles is 1. The summed E-state index contributed by atoms with van der Waals surface area (Å²) < 4.78 is 11.4. The molecular formula is C15H17BrN4O3. The van der Waals surface area contributed by atoms with E-state index < -0.39 is 0 Å². The molecule has 1 heterocycles. The van der Waals surface area contributed by atoms with Gasteiger partial charge in [-0.1, -0.05) is 15.9 Å². The quantitative estimate of drug-likeness (QED) is 0.590. The first-order valence-corrected chi connectivity index (χ1v) is 7.89. The zero-order valence-corrected chi connectivity index (χ0v) is 14.1. The summed E-state index contributed by atoms with van der Waals surface area (Å²) in [5.41, 5.74) is 3.16. The molecule has 8 heteroatoms. The van der Waals surface area contributed by atoms with Gasteiger partial charge < -0.3 is 9.47 Å². The van der Waals surface area contributed by atoms with Gasteiger partial charge in [0.1, 0.15) is 11.8 Å². The van der Waals surface area contributed by atoms with Gasteiger partial charge in [-0.15, -0.1) is 0 Å². The van der Waals surface area contributed by atoms with Crippen LogP contribution >= 0.6 is 15.9 Å². The molecule has 1 N–H and O–H groups in total. The van der Waals surface area contributed by atoms with Gasteiger partial charge >= 0.3 is 0 Å². The number of hydrazone groups is 1. The number of morpholine rings is 1. The summed E-state index contributed by atoms with van der Waals surface area (Å²) in [5, 5.41) is 12.5. The number of hydrogen-bond acceptors (Lipinski definition) is 6. The Hall–Kier alpha value is -1.95. The highest BCUT2D eigenvalue weighted by molar-refractivity contribution is 9.10. The van der Waals surface area contributed by atoms with E-state index in [1.54, 1.807) is 18.2 Å². The first kappa shape index (κ1) is 17.4. The van der Waals surface area contributed by atoms with Crippen LogP contribution in [0.15, 0.2) is 27.8 Å². The molecule has 0 saturated carbocycles. The van der Waals surface area contributed by atoms with Crippen LogP contribution in [0.5, 0.6) is 5.75 Å². The topological polar surface area (TPSA) is 86.9 Å². The number of ether oxygens (including phenoxy) is 2. The molecule has 1 aromatic carbocycles. The number of nitrogens with zero attached hydrogens (tertiary/aromatic N) is 3. The monoisotopic (exact) mass is 380 g/mol. The van der Waals surface area contributed by atoms with Crippen molar-refractivity contribution >= 4 is 28.1 Å². The van der Waals surface area contributed by atoms with Gasteiger partial charge in [-0.3, -0.25) is 9.69 Å². The average Bonchev–Trinajstić information content (AvgIpc) is 2.55. The zero-order chi connectivity index (χ0) is 16.5. The molecule has 0 aromatic heterocycles. The molecule has 0 radical (unpaired) electrons. The van der Waals surface area contributed by atoms with Gasteiger partial charge in [-0.2, -0.15) is 10.4 Å². The molecule has 122 valence electrons. The lowest BCUT2D eigenvalue weighted by Crippen LogP contribution is -2.42. The molecule has 0 spiro atoms. The third kappa shape index (κ3) is 5.98. The number of rotatable bonds is 6. The molecule has 0 unspecified atom stereocenters. The molecule has 1 aromatic rings. The smallest absolute Gasteiger partial charge is 0.254 e. The van der Waals surface area contributed by atoms with E-state index in [0.717, 1.165) is 17.6 Å².